The Hall–Kier alpha value is -2.93. The number of alkyl halides is 3. The van der Waals surface area contributed by atoms with Crippen molar-refractivity contribution >= 4 is 39.1 Å². The minimum atomic E-state index is -4.67. The molecule has 13 heteroatoms. The van der Waals surface area contributed by atoms with Gasteiger partial charge >= 0.3 is 6.18 Å². The van der Waals surface area contributed by atoms with Crippen LogP contribution in [0, 0.1) is 0 Å². The molecule has 0 unspecified atom stereocenters. The number of nitrogens with one attached hydrogen (secondary N) is 3. The predicted octanol–water partition coefficient (Wildman–Crippen LogP) is 2.96. The van der Waals surface area contributed by atoms with Crippen LogP contribution in [0.5, 0.6) is 0 Å². The van der Waals surface area contributed by atoms with Gasteiger partial charge in [-0.2, -0.15) is 22.5 Å². The number of hydrogen-bond acceptors (Lipinski definition) is 7. The van der Waals surface area contributed by atoms with Crippen LogP contribution >= 0.6 is 0 Å². The van der Waals surface area contributed by atoms with Gasteiger partial charge in [-0.15, -0.1) is 0 Å². The van der Waals surface area contributed by atoms with E-state index in [0.29, 0.717) is 43.4 Å². The lowest BCUT2D eigenvalue weighted by Crippen LogP contribution is -2.35. The molecule has 33 heavy (non-hydrogen) atoms. The Morgan fingerprint density at radius 3 is 2.82 bits per heavy atom. The first kappa shape index (κ1) is 23.2. The van der Waals surface area contributed by atoms with Crippen molar-refractivity contribution in [1.82, 2.24) is 14.3 Å². The van der Waals surface area contributed by atoms with Gasteiger partial charge in [-0.25, -0.2) is 13.4 Å². The SMILES string of the molecule is CS(=O)(=O)N1CCC[C@H]1CCNc1nc(Nc2cccc3c2NC(=O)C3)ncc1C(F)(F)F. The molecule has 1 atom stereocenters. The molecule has 2 aliphatic heterocycles. The van der Waals surface area contributed by atoms with Crippen LogP contribution in [0.4, 0.5) is 36.3 Å². The summed E-state index contributed by atoms with van der Waals surface area (Å²) in [5.74, 6) is -0.649. The largest absolute Gasteiger partial charge is 0.421 e. The fourth-order valence-corrected chi connectivity index (χ4v) is 5.37. The van der Waals surface area contributed by atoms with Gasteiger partial charge in [0.1, 0.15) is 11.4 Å². The summed E-state index contributed by atoms with van der Waals surface area (Å²) in [5.41, 5.74) is 0.759. The second kappa shape index (κ2) is 8.78. The first-order valence-corrected chi connectivity index (χ1v) is 12.2. The van der Waals surface area contributed by atoms with E-state index in [9.17, 15) is 26.4 Å². The zero-order chi connectivity index (χ0) is 23.8. The van der Waals surface area contributed by atoms with E-state index in [2.05, 4.69) is 25.9 Å². The summed E-state index contributed by atoms with van der Waals surface area (Å²) < 4.78 is 65.7. The van der Waals surface area contributed by atoms with Gasteiger partial charge < -0.3 is 16.0 Å². The van der Waals surface area contributed by atoms with E-state index in [0.717, 1.165) is 11.8 Å². The molecule has 1 amide bonds. The van der Waals surface area contributed by atoms with Gasteiger partial charge in [0.15, 0.2) is 0 Å². The summed E-state index contributed by atoms with van der Waals surface area (Å²) in [7, 11) is -3.37. The van der Waals surface area contributed by atoms with E-state index < -0.39 is 27.6 Å². The van der Waals surface area contributed by atoms with Crippen molar-refractivity contribution < 1.29 is 26.4 Å². The third-order valence-corrected chi connectivity index (χ3v) is 6.96. The van der Waals surface area contributed by atoms with Crippen LogP contribution in [0.3, 0.4) is 0 Å². The van der Waals surface area contributed by atoms with E-state index in [-0.39, 0.29) is 30.9 Å². The molecule has 178 valence electrons. The molecule has 3 heterocycles. The number of rotatable bonds is 7. The molecule has 3 N–H and O–H groups in total. The quantitative estimate of drug-likeness (QED) is 0.553. The number of hydrogen-bond donors (Lipinski definition) is 3. The van der Waals surface area contributed by atoms with Gasteiger partial charge in [-0.05, 0) is 30.9 Å². The van der Waals surface area contributed by atoms with E-state index in [4.69, 9.17) is 0 Å². The molecule has 0 radical (unpaired) electrons. The zero-order valence-electron chi connectivity index (χ0n) is 17.7. The Morgan fingerprint density at radius 2 is 2.09 bits per heavy atom. The Kier molecular flexibility index (Phi) is 6.18. The summed E-state index contributed by atoms with van der Waals surface area (Å²) in [6, 6.07) is 4.90. The predicted molar refractivity (Wildman–Crippen MR) is 117 cm³/mol. The van der Waals surface area contributed by atoms with Gasteiger partial charge in [0.05, 0.1) is 24.1 Å². The molecule has 1 aromatic heterocycles. The summed E-state index contributed by atoms with van der Waals surface area (Å²) in [6.45, 7) is 0.518. The topological polar surface area (TPSA) is 116 Å². The third kappa shape index (κ3) is 5.19. The molecular formula is C20H23F3N6O3S. The highest BCUT2D eigenvalue weighted by atomic mass is 32.2. The number of carbonyl (C=O) groups is 1. The molecule has 1 saturated heterocycles. The van der Waals surface area contributed by atoms with Crippen LogP contribution in [-0.4, -0.2) is 54.0 Å². The smallest absolute Gasteiger partial charge is 0.369 e. The number of anilines is 4. The first-order valence-electron chi connectivity index (χ1n) is 10.4. The summed E-state index contributed by atoms with van der Waals surface area (Å²) >= 11 is 0. The maximum absolute atomic E-state index is 13.5. The number of nitrogens with zero attached hydrogens (tertiary/aromatic N) is 3. The Labute approximate surface area is 188 Å². The molecule has 4 rings (SSSR count). The molecule has 0 bridgehead atoms. The number of benzene rings is 1. The highest BCUT2D eigenvalue weighted by Gasteiger charge is 2.36. The van der Waals surface area contributed by atoms with Gasteiger partial charge in [-0.1, -0.05) is 12.1 Å². The van der Waals surface area contributed by atoms with E-state index >= 15 is 0 Å². The number of sulfonamides is 1. The van der Waals surface area contributed by atoms with Crippen molar-refractivity contribution in [2.45, 2.75) is 37.9 Å². The highest BCUT2D eigenvalue weighted by molar-refractivity contribution is 7.88. The maximum atomic E-state index is 13.5. The average molecular weight is 485 g/mol. The summed E-state index contributed by atoms with van der Waals surface area (Å²) in [6.07, 6.45) is -0.918. The van der Waals surface area contributed by atoms with Gasteiger partial charge in [0, 0.05) is 25.3 Å². The van der Waals surface area contributed by atoms with Crippen molar-refractivity contribution in [3.63, 3.8) is 0 Å². The molecule has 2 aliphatic rings. The van der Waals surface area contributed by atoms with Crippen LogP contribution in [0.25, 0.3) is 0 Å². The average Bonchev–Trinajstić information content (AvgIpc) is 3.33. The maximum Gasteiger partial charge on any atom is 0.421 e. The van der Waals surface area contributed by atoms with Crippen LogP contribution < -0.4 is 16.0 Å². The van der Waals surface area contributed by atoms with Crippen LogP contribution in [-0.2, 0) is 27.4 Å². The minimum absolute atomic E-state index is 0.0707. The lowest BCUT2D eigenvalue weighted by atomic mass is 10.1. The molecule has 0 aliphatic carbocycles. The number of para-hydroxylation sites is 1. The molecule has 1 aromatic carbocycles. The molecule has 2 aromatic rings. The van der Waals surface area contributed by atoms with Gasteiger partial charge in [0.25, 0.3) is 0 Å². The number of halogens is 3. The normalized spacial score (nSPS) is 18.8. The van der Waals surface area contributed by atoms with Crippen molar-refractivity contribution in [2.24, 2.45) is 0 Å². The van der Waals surface area contributed by atoms with Crippen molar-refractivity contribution in [3.05, 3.63) is 35.5 Å². The molecule has 0 saturated carbocycles. The highest BCUT2D eigenvalue weighted by Crippen LogP contribution is 2.36. The van der Waals surface area contributed by atoms with Crippen molar-refractivity contribution in [2.75, 3.05) is 35.3 Å². The molecule has 1 fully saturated rings. The summed E-state index contributed by atoms with van der Waals surface area (Å²) in [4.78, 5) is 19.5. The third-order valence-electron chi connectivity index (χ3n) is 5.63. The van der Waals surface area contributed by atoms with Crippen molar-refractivity contribution in [3.8, 4) is 0 Å². The molecule has 9 nitrogen and oxygen atoms in total. The van der Waals surface area contributed by atoms with E-state index in [1.54, 1.807) is 18.2 Å². The number of amides is 1. The Morgan fingerprint density at radius 1 is 1.30 bits per heavy atom. The minimum Gasteiger partial charge on any atom is -0.369 e. The molecular weight excluding hydrogens is 461 g/mol. The standard InChI is InChI=1S/C20H23F3N6O3S/c1-33(31,32)29-9-3-5-13(29)7-8-24-18-14(20(21,22)23)11-25-19(28-18)26-15-6-2-4-12-10-16(30)27-17(12)15/h2,4,6,11,13H,3,5,7-10H2,1H3,(H,27,30)(H2,24,25,26,28)/t13-/m0/s1. The number of aromatic nitrogens is 2. The lowest BCUT2D eigenvalue weighted by Gasteiger charge is -2.22. The Balaban J connectivity index is 1.52. The fraction of sp³-hybridized carbons (Fsp3) is 0.450. The summed E-state index contributed by atoms with van der Waals surface area (Å²) in [5, 5.41) is 8.28. The van der Waals surface area contributed by atoms with Gasteiger partial charge in [0.2, 0.25) is 21.9 Å². The monoisotopic (exact) mass is 484 g/mol. The van der Waals surface area contributed by atoms with Crippen LogP contribution in [0.15, 0.2) is 24.4 Å². The number of fused-ring (bicyclic) bond motifs is 1. The van der Waals surface area contributed by atoms with Crippen LogP contribution in [0.2, 0.25) is 0 Å². The first-order chi connectivity index (χ1) is 15.5. The van der Waals surface area contributed by atoms with Crippen LogP contribution in [0.1, 0.15) is 30.4 Å². The van der Waals surface area contributed by atoms with Crippen molar-refractivity contribution in [1.29, 1.82) is 0 Å². The lowest BCUT2D eigenvalue weighted by molar-refractivity contribution is -0.137. The van der Waals surface area contributed by atoms with E-state index in [1.165, 1.54) is 4.31 Å². The second-order valence-corrected chi connectivity index (χ2v) is 9.96. The molecule has 0 spiro atoms. The zero-order valence-corrected chi connectivity index (χ0v) is 18.6. The second-order valence-electron chi connectivity index (χ2n) is 8.03. The van der Waals surface area contributed by atoms with E-state index in [1.807, 2.05) is 0 Å². The Bertz CT molecular complexity index is 1170. The number of carbonyl (C=O) groups excluding carboxylic acids is 1. The fourth-order valence-electron chi connectivity index (χ4n) is 4.15. The van der Waals surface area contributed by atoms with Gasteiger partial charge in [-0.3, -0.25) is 4.79 Å².